The average Bonchev–Trinajstić information content (AvgIpc) is 2.18. The molecule has 104 valence electrons. The smallest absolute Gasteiger partial charge is 0.421 e. The predicted octanol–water partition coefficient (Wildman–Crippen LogP) is 3.88. The van der Waals surface area contributed by atoms with Crippen molar-refractivity contribution in [2.45, 2.75) is 33.3 Å². The van der Waals surface area contributed by atoms with Crippen LogP contribution in [0.4, 0.5) is 14.9 Å². The number of halogens is 2. The Balaban J connectivity index is 3.14. The van der Waals surface area contributed by atoms with E-state index in [-0.39, 0.29) is 5.69 Å². The third kappa shape index (κ3) is 4.31. The highest BCUT2D eigenvalue weighted by Crippen LogP contribution is 2.25. The summed E-state index contributed by atoms with van der Waals surface area (Å²) in [5.74, 6) is -1.30. The molecule has 0 saturated carbocycles. The molecule has 6 heteroatoms. The van der Waals surface area contributed by atoms with Gasteiger partial charge in [0.2, 0.25) is 5.91 Å². The van der Waals surface area contributed by atoms with Gasteiger partial charge in [-0.05, 0) is 39.0 Å². The van der Waals surface area contributed by atoms with Crippen molar-refractivity contribution < 1.29 is 18.7 Å². The fraction of sp³-hybridized carbons (Fsp3) is 0.385. The van der Waals surface area contributed by atoms with Crippen molar-refractivity contribution in [2.75, 3.05) is 4.90 Å². The maximum absolute atomic E-state index is 13.8. The summed E-state index contributed by atoms with van der Waals surface area (Å²) in [7, 11) is 0. The molecule has 0 bridgehead atoms. The Morgan fingerprint density at radius 3 is 2.32 bits per heavy atom. The van der Waals surface area contributed by atoms with E-state index in [0.717, 1.165) is 0 Å². The monoisotopic (exact) mass is 331 g/mol. The SMILES string of the molecule is CC(=O)N(C(=O)OC(C)(C)C)c1ccc(Br)cc1F. The van der Waals surface area contributed by atoms with E-state index in [1.165, 1.54) is 19.1 Å². The maximum Gasteiger partial charge on any atom is 0.421 e. The van der Waals surface area contributed by atoms with Crippen molar-refractivity contribution >= 4 is 33.6 Å². The number of imide groups is 1. The first-order valence-electron chi connectivity index (χ1n) is 5.60. The second kappa shape index (κ2) is 5.69. The van der Waals surface area contributed by atoms with Gasteiger partial charge in [-0.3, -0.25) is 4.79 Å². The summed E-state index contributed by atoms with van der Waals surface area (Å²) in [6.45, 7) is 6.18. The van der Waals surface area contributed by atoms with Gasteiger partial charge in [0.05, 0.1) is 5.69 Å². The van der Waals surface area contributed by atoms with Crippen LogP contribution in [0.15, 0.2) is 22.7 Å². The number of anilines is 1. The Morgan fingerprint density at radius 1 is 1.32 bits per heavy atom. The zero-order chi connectivity index (χ0) is 14.8. The maximum atomic E-state index is 13.8. The van der Waals surface area contributed by atoms with E-state index in [2.05, 4.69) is 15.9 Å². The lowest BCUT2D eigenvalue weighted by Gasteiger charge is -2.25. The highest BCUT2D eigenvalue weighted by Gasteiger charge is 2.28. The number of rotatable bonds is 1. The highest BCUT2D eigenvalue weighted by molar-refractivity contribution is 9.10. The zero-order valence-corrected chi connectivity index (χ0v) is 12.7. The molecule has 0 aliphatic heterocycles. The van der Waals surface area contributed by atoms with Crippen LogP contribution in [-0.2, 0) is 9.53 Å². The minimum Gasteiger partial charge on any atom is -0.443 e. The molecule has 1 aromatic carbocycles. The summed E-state index contributed by atoms with van der Waals surface area (Å²) in [6.07, 6.45) is -0.902. The molecule has 0 aliphatic carbocycles. The molecule has 4 nitrogen and oxygen atoms in total. The molecule has 2 amide bonds. The van der Waals surface area contributed by atoms with Crippen LogP contribution in [0.3, 0.4) is 0 Å². The minimum absolute atomic E-state index is 0.134. The lowest BCUT2D eigenvalue weighted by molar-refractivity contribution is -0.116. The van der Waals surface area contributed by atoms with E-state index in [1.54, 1.807) is 26.8 Å². The van der Waals surface area contributed by atoms with Crippen LogP contribution in [0.5, 0.6) is 0 Å². The Kier molecular flexibility index (Phi) is 4.68. The average molecular weight is 332 g/mol. The summed E-state index contributed by atoms with van der Waals surface area (Å²) in [5.41, 5.74) is -0.902. The summed E-state index contributed by atoms with van der Waals surface area (Å²) in [6, 6.07) is 4.05. The van der Waals surface area contributed by atoms with Crippen LogP contribution >= 0.6 is 15.9 Å². The van der Waals surface area contributed by atoms with Crippen molar-refractivity contribution in [3.63, 3.8) is 0 Å². The summed E-state index contributed by atoms with van der Waals surface area (Å²) >= 11 is 3.11. The second-order valence-corrected chi connectivity index (χ2v) is 5.85. The highest BCUT2D eigenvalue weighted by atomic mass is 79.9. The topological polar surface area (TPSA) is 46.6 Å². The molecule has 0 aliphatic rings. The molecule has 0 N–H and O–H groups in total. The van der Waals surface area contributed by atoms with Crippen LogP contribution in [0.1, 0.15) is 27.7 Å². The Hall–Kier alpha value is -1.43. The number of hydrogen-bond acceptors (Lipinski definition) is 3. The van der Waals surface area contributed by atoms with Crippen molar-refractivity contribution in [2.24, 2.45) is 0 Å². The second-order valence-electron chi connectivity index (χ2n) is 4.93. The van der Waals surface area contributed by atoms with Crippen molar-refractivity contribution in [3.8, 4) is 0 Å². The Bertz CT molecular complexity index is 511. The van der Waals surface area contributed by atoms with Gasteiger partial charge in [0.1, 0.15) is 11.4 Å². The molecule has 0 radical (unpaired) electrons. The van der Waals surface area contributed by atoms with Gasteiger partial charge in [-0.2, -0.15) is 0 Å². The van der Waals surface area contributed by atoms with Crippen LogP contribution < -0.4 is 4.90 Å². The predicted molar refractivity (Wildman–Crippen MR) is 73.5 cm³/mol. The minimum atomic E-state index is -0.902. The van der Waals surface area contributed by atoms with Gasteiger partial charge >= 0.3 is 6.09 Å². The number of ether oxygens (including phenoxy) is 1. The molecule has 0 saturated heterocycles. The standard InChI is InChI=1S/C13H15BrFNO3/c1-8(17)16(12(18)19-13(2,3)4)11-6-5-9(14)7-10(11)15/h5-7H,1-4H3. The molecule has 0 heterocycles. The van der Waals surface area contributed by atoms with Gasteiger partial charge in [0.25, 0.3) is 0 Å². The van der Waals surface area contributed by atoms with Gasteiger partial charge in [0.15, 0.2) is 0 Å². The van der Waals surface area contributed by atoms with Gasteiger partial charge < -0.3 is 4.74 Å². The molecule has 0 spiro atoms. The fourth-order valence-corrected chi connectivity index (χ4v) is 1.70. The number of carbonyl (C=O) groups excluding carboxylic acids is 2. The van der Waals surface area contributed by atoms with Gasteiger partial charge in [0, 0.05) is 11.4 Å². The number of benzene rings is 1. The van der Waals surface area contributed by atoms with Crippen LogP contribution in [0, 0.1) is 5.82 Å². The van der Waals surface area contributed by atoms with Gasteiger partial charge in [-0.1, -0.05) is 15.9 Å². The molecule has 0 fully saturated rings. The first kappa shape index (κ1) is 15.6. The molecule has 19 heavy (non-hydrogen) atoms. The quantitative estimate of drug-likeness (QED) is 0.784. The van der Waals surface area contributed by atoms with E-state index < -0.39 is 23.4 Å². The molecular formula is C13H15BrFNO3. The molecule has 0 unspecified atom stereocenters. The van der Waals surface area contributed by atoms with E-state index in [1.807, 2.05) is 0 Å². The largest absolute Gasteiger partial charge is 0.443 e. The van der Waals surface area contributed by atoms with Gasteiger partial charge in [-0.25, -0.2) is 14.1 Å². The van der Waals surface area contributed by atoms with E-state index >= 15 is 0 Å². The molecular weight excluding hydrogens is 317 g/mol. The normalized spacial score (nSPS) is 11.1. The fourth-order valence-electron chi connectivity index (χ4n) is 1.37. The Morgan fingerprint density at radius 2 is 1.89 bits per heavy atom. The third-order valence-electron chi connectivity index (χ3n) is 2.04. The van der Waals surface area contributed by atoms with E-state index in [9.17, 15) is 14.0 Å². The van der Waals surface area contributed by atoms with Crippen LogP contribution in [0.25, 0.3) is 0 Å². The van der Waals surface area contributed by atoms with Crippen molar-refractivity contribution in [1.29, 1.82) is 0 Å². The molecule has 0 atom stereocenters. The van der Waals surface area contributed by atoms with Crippen molar-refractivity contribution in [3.05, 3.63) is 28.5 Å². The first-order valence-corrected chi connectivity index (χ1v) is 6.40. The summed E-state index contributed by atoms with van der Waals surface area (Å²) < 4.78 is 19.4. The van der Waals surface area contributed by atoms with E-state index in [0.29, 0.717) is 9.37 Å². The Labute approximate surface area is 119 Å². The van der Waals surface area contributed by atoms with Crippen molar-refractivity contribution in [1.82, 2.24) is 0 Å². The van der Waals surface area contributed by atoms with E-state index in [4.69, 9.17) is 4.74 Å². The number of amides is 2. The third-order valence-corrected chi connectivity index (χ3v) is 2.53. The summed E-state index contributed by atoms with van der Waals surface area (Å²) in [5, 5.41) is 0. The number of carbonyl (C=O) groups is 2. The zero-order valence-electron chi connectivity index (χ0n) is 11.2. The molecule has 1 rings (SSSR count). The number of nitrogens with zero attached hydrogens (tertiary/aromatic N) is 1. The van der Waals surface area contributed by atoms with Crippen LogP contribution in [0.2, 0.25) is 0 Å². The van der Waals surface area contributed by atoms with Gasteiger partial charge in [-0.15, -0.1) is 0 Å². The summed E-state index contributed by atoms with van der Waals surface area (Å²) in [4.78, 5) is 24.2. The lowest BCUT2D eigenvalue weighted by atomic mass is 10.2. The molecule has 0 aromatic heterocycles. The molecule has 1 aromatic rings. The van der Waals surface area contributed by atoms with Crippen LogP contribution in [-0.4, -0.2) is 17.6 Å². The first-order chi connectivity index (χ1) is 8.61. The lowest BCUT2D eigenvalue weighted by Crippen LogP contribution is -2.40. The number of hydrogen-bond donors (Lipinski definition) is 0.